The summed E-state index contributed by atoms with van der Waals surface area (Å²) in [5, 5.41) is 18.6. The minimum atomic E-state index is -0.374. The summed E-state index contributed by atoms with van der Waals surface area (Å²) in [6.07, 6.45) is 5.42. The molecule has 1 aliphatic carbocycles. The molecule has 1 saturated carbocycles. The van der Waals surface area contributed by atoms with Crippen molar-refractivity contribution in [2.45, 2.75) is 58.0 Å². The highest BCUT2D eigenvalue weighted by Gasteiger charge is 2.30. The molecule has 3 N–H and O–H groups in total. The monoisotopic (exact) mass is 281 g/mol. The second-order valence-corrected chi connectivity index (χ2v) is 5.63. The number of rotatable bonds is 5. The lowest BCUT2D eigenvalue weighted by Gasteiger charge is -2.33. The average Bonchev–Trinajstić information content (AvgIpc) is 2.73. The smallest absolute Gasteiger partial charge is 0.333 e. The Balaban J connectivity index is 2.17. The van der Waals surface area contributed by atoms with Crippen molar-refractivity contribution in [3.05, 3.63) is 15.8 Å². The Bertz CT molecular complexity index is 491. The summed E-state index contributed by atoms with van der Waals surface area (Å²) in [4.78, 5) is 10.8. The van der Waals surface area contributed by atoms with Gasteiger partial charge < -0.3 is 11.1 Å². The SMILES string of the molecule is CCn1nc(C)c([N+](=O)[O-])c1NCC1(N)CCCCC1. The van der Waals surface area contributed by atoms with Crippen molar-refractivity contribution in [2.24, 2.45) is 5.73 Å². The molecule has 0 bridgehead atoms. The molecule has 1 aliphatic rings. The summed E-state index contributed by atoms with van der Waals surface area (Å²) in [6.45, 7) is 4.72. The van der Waals surface area contributed by atoms with Crippen molar-refractivity contribution < 1.29 is 4.92 Å². The maximum absolute atomic E-state index is 11.2. The lowest BCUT2D eigenvalue weighted by Crippen LogP contribution is -2.47. The van der Waals surface area contributed by atoms with Gasteiger partial charge in [0.2, 0.25) is 5.82 Å². The number of nitrogens with zero attached hydrogens (tertiary/aromatic N) is 3. The molecule has 0 unspecified atom stereocenters. The highest BCUT2D eigenvalue weighted by Crippen LogP contribution is 2.30. The van der Waals surface area contributed by atoms with Crippen LogP contribution in [0.25, 0.3) is 0 Å². The molecule has 1 aromatic heterocycles. The number of hydrogen-bond acceptors (Lipinski definition) is 5. The maximum Gasteiger partial charge on any atom is 0.333 e. The fraction of sp³-hybridized carbons (Fsp3) is 0.769. The van der Waals surface area contributed by atoms with Crippen molar-refractivity contribution in [2.75, 3.05) is 11.9 Å². The van der Waals surface area contributed by atoms with Gasteiger partial charge in [0.1, 0.15) is 5.69 Å². The molecule has 20 heavy (non-hydrogen) atoms. The number of anilines is 1. The molecule has 0 aromatic carbocycles. The van der Waals surface area contributed by atoms with E-state index in [4.69, 9.17) is 5.73 Å². The minimum Gasteiger partial charge on any atom is -0.363 e. The first-order chi connectivity index (χ1) is 9.47. The van der Waals surface area contributed by atoms with Gasteiger partial charge in [0.05, 0.1) is 4.92 Å². The summed E-state index contributed by atoms with van der Waals surface area (Å²) < 4.78 is 1.64. The molecule has 1 aromatic rings. The Morgan fingerprint density at radius 2 is 2.10 bits per heavy atom. The summed E-state index contributed by atoms with van der Waals surface area (Å²) in [5.41, 5.74) is 6.61. The van der Waals surface area contributed by atoms with Gasteiger partial charge in [-0.15, -0.1) is 0 Å². The van der Waals surface area contributed by atoms with E-state index in [0.29, 0.717) is 24.6 Å². The third-order valence-corrected chi connectivity index (χ3v) is 4.04. The standard InChI is InChI=1S/C13H23N5O2/c1-3-17-12(11(18(19)20)10(2)16-17)15-9-13(14)7-5-4-6-8-13/h15H,3-9,14H2,1-2H3. The molecule has 0 radical (unpaired) electrons. The fourth-order valence-electron chi connectivity index (χ4n) is 2.89. The zero-order chi connectivity index (χ0) is 14.8. The predicted molar refractivity (Wildman–Crippen MR) is 77.8 cm³/mol. The molecule has 7 nitrogen and oxygen atoms in total. The zero-order valence-corrected chi connectivity index (χ0v) is 12.2. The van der Waals surface area contributed by atoms with E-state index in [1.807, 2.05) is 6.92 Å². The molecule has 0 aliphatic heterocycles. The van der Waals surface area contributed by atoms with Crippen LogP contribution in [0.5, 0.6) is 0 Å². The topological polar surface area (TPSA) is 99.0 Å². The maximum atomic E-state index is 11.2. The van der Waals surface area contributed by atoms with Crippen LogP contribution in [0.3, 0.4) is 0 Å². The molecule has 0 amide bonds. The Kier molecular flexibility index (Phi) is 4.27. The fourth-order valence-corrected chi connectivity index (χ4v) is 2.89. The number of aryl methyl sites for hydroxylation is 2. The predicted octanol–water partition coefficient (Wildman–Crippen LogP) is 2.19. The van der Waals surface area contributed by atoms with Crippen LogP contribution >= 0.6 is 0 Å². The largest absolute Gasteiger partial charge is 0.363 e. The zero-order valence-electron chi connectivity index (χ0n) is 12.2. The summed E-state index contributed by atoms with van der Waals surface area (Å²) in [6, 6.07) is 0. The van der Waals surface area contributed by atoms with Crippen LogP contribution in [0.4, 0.5) is 11.5 Å². The molecule has 0 atom stereocenters. The molecule has 0 spiro atoms. The van der Waals surface area contributed by atoms with Crippen LogP contribution in [0, 0.1) is 17.0 Å². The van der Waals surface area contributed by atoms with E-state index >= 15 is 0 Å². The van der Waals surface area contributed by atoms with Gasteiger partial charge >= 0.3 is 5.69 Å². The molecular formula is C13H23N5O2. The second kappa shape index (κ2) is 5.78. The number of aromatic nitrogens is 2. The summed E-state index contributed by atoms with van der Waals surface area (Å²) >= 11 is 0. The molecule has 7 heteroatoms. The van der Waals surface area contributed by atoms with Crippen LogP contribution in [0.15, 0.2) is 0 Å². The molecule has 1 fully saturated rings. The second-order valence-electron chi connectivity index (χ2n) is 5.63. The van der Waals surface area contributed by atoms with Crippen LogP contribution < -0.4 is 11.1 Å². The van der Waals surface area contributed by atoms with E-state index in [1.54, 1.807) is 11.6 Å². The highest BCUT2D eigenvalue weighted by molar-refractivity contribution is 5.59. The van der Waals surface area contributed by atoms with Crippen molar-refractivity contribution in [3.63, 3.8) is 0 Å². The normalized spacial score (nSPS) is 17.9. The van der Waals surface area contributed by atoms with Crippen molar-refractivity contribution in [1.29, 1.82) is 0 Å². The Hall–Kier alpha value is -1.63. The Labute approximate surface area is 118 Å². The summed E-state index contributed by atoms with van der Waals surface area (Å²) in [7, 11) is 0. The minimum absolute atomic E-state index is 0.0614. The van der Waals surface area contributed by atoms with Crippen molar-refractivity contribution in [3.8, 4) is 0 Å². The number of nitro groups is 1. The van der Waals surface area contributed by atoms with E-state index in [2.05, 4.69) is 10.4 Å². The van der Waals surface area contributed by atoms with E-state index in [9.17, 15) is 10.1 Å². The van der Waals surface area contributed by atoms with Crippen LogP contribution in [-0.4, -0.2) is 26.8 Å². The van der Waals surface area contributed by atoms with Crippen LogP contribution in [0.1, 0.15) is 44.7 Å². The van der Waals surface area contributed by atoms with Gasteiger partial charge in [-0.2, -0.15) is 5.10 Å². The van der Waals surface area contributed by atoms with Gasteiger partial charge in [0, 0.05) is 18.6 Å². The Morgan fingerprint density at radius 1 is 1.45 bits per heavy atom. The number of hydrogen-bond donors (Lipinski definition) is 2. The quantitative estimate of drug-likeness (QED) is 0.636. The van der Waals surface area contributed by atoms with Gasteiger partial charge in [-0.3, -0.25) is 10.1 Å². The van der Waals surface area contributed by atoms with Crippen LogP contribution in [-0.2, 0) is 6.54 Å². The molecule has 1 heterocycles. The first kappa shape index (κ1) is 14.8. The van der Waals surface area contributed by atoms with E-state index in [0.717, 1.165) is 25.7 Å². The average molecular weight is 281 g/mol. The van der Waals surface area contributed by atoms with Gasteiger partial charge in [0.25, 0.3) is 0 Å². The lowest BCUT2D eigenvalue weighted by atomic mass is 9.82. The molecule has 0 saturated heterocycles. The van der Waals surface area contributed by atoms with Crippen LogP contribution in [0.2, 0.25) is 0 Å². The first-order valence-electron chi connectivity index (χ1n) is 7.21. The molecular weight excluding hydrogens is 258 g/mol. The van der Waals surface area contributed by atoms with Gasteiger partial charge in [-0.1, -0.05) is 19.3 Å². The van der Waals surface area contributed by atoms with E-state index in [1.165, 1.54) is 6.42 Å². The summed E-state index contributed by atoms with van der Waals surface area (Å²) in [5.74, 6) is 0.477. The van der Waals surface area contributed by atoms with Gasteiger partial charge in [-0.25, -0.2) is 4.68 Å². The highest BCUT2D eigenvalue weighted by atomic mass is 16.6. The first-order valence-corrected chi connectivity index (χ1v) is 7.21. The lowest BCUT2D eigenvalue weighted by molar-refractivity contribution is -0.384. The number of nitrogens with one attached hydrogen (secondary N) is 1. The van der Waals surface area contributed by atoms with Crippen molar-refractivity contribution >= 4 is 11.5 Å². The molecule has 112 valence electrons. The van der Waals surface area contributed by atoms with Gasteiger partial charge in [-0.05, 0) is 26.7 Å². The van der Waals surface area contributed by atoms with E-state index < -0.39 is 0 Å². The molecule has 2 rings (SSSR count). The van der Waals surface area contributed by atoms with Gasteiger partial charge in [0.15, 0.2) is 0 Å². The third kappa shape index (κ3) is 2.92. The third-order valence-electron chi connectivity index (χ3n) is 4.04. The van der Waals surface area contributed by atoms with E-state index in [-0.39, 0.29) is 16.1 Å². The Morgan fingerprint density at radius 3 is 2.65 bits per heavy atom. The van der Waals surface area contributed by atoms with Crippen molar-refractivity contribution in [1.82, 2.24) is 9.78 Å². The number of nitrogens with two attached hydrogens (primary N) is 1.